The van der Waals surface area contributed by atoms with E-state index in [2.05, 4.69) is 34.0 Å². The van der Waals surface area contributed by atoms with Crippen LogP contribution in [0.5, 0.6) is 0 Å². The van der Waals surface area contributed by atoms with Gasteiger partial charge < -0.3 is 14.4 Å². The first-order valence-corrected chi connectivity index (χ1v) is 14.2. The van der Waals surface area contributed by atoms with Crippen molar-refractivity contribution < 1.29 is 28.3 Å². The predicted molar refractivity (Wildman–Crippen MR) is 160 cm³/mol. The summed E-state index contributed by atoms with van der Waals surface area (Å²) in [6.07, 6.45) is -0.500. The topological polar surface area (TPSA) is 127 Å². The fourth-order valence-electron chi connectivity index (χ4n) is 3.91. The molecule has 1 heterocycles. The second kappa shape index (κ2) is 13.2. The molecule has 0 aliphatic rings. The van der Waals surface area contributed by atoms with Crippen molar-refractivity contribution >= 4 is 29.7 Å². The molecule has 4 rings (SSSR count). The molecule has 1 atom stereocenters. The number of halogens is 1. The second-order valence-electron chi connectivity index (χ2n) is 11.0. The average molecular weight is 593 g/mol. The monoisotopic (exact) mass is 592 g/mol. The van der Waals surface area contributed by atoms with Gasteiger partial charge in [0, 0.05) is 16.1 Å². The van der Waals surface area contributed by atoms with E-state index in [0.717, 1.165) is 4.90 Å². The van der Waals surface area contributed by atoms with Crippen molar-refractivity contribution in [3.63, 3.8) is 0 Å². The number of rotatable bonds is 10. The molecule has 1 unspecified atom stereocenters. The van der Waals surface area contributed by atoms with Crippen molar-refractivity contribution in [1.29, 1.82) is 0 Å². The van der Waals surface area contributed by atoms with Gasteiger partial charge in [-0.25, -0.2) is 13.9 Å². The van der Waals surface area contributed by atoms with E-state index in [4.69, 9.17) is 9.26 Å². The van der Waals surface area contributed by atoms with Crippen LogP contribution >= 0.6 is 11.9 Å². The second-order valence-corrected chi connectivity index (χ2v) is 11.9. The number of ether oxygens (including phenoxy) is 1. The van der Waals surface area contributed by atoms with Gasteiger partial charge >= 0.3 is 12.1 Å². The fraction of sp³-hybridized carbons (Fsp3) is 0.290. The van der Waals surface area contributed by atoms with Gasteiger partial charge in [0.25, 0.3) is 5.89 Å². The summed E-state index contributed by atoms with van der Waals surface area (Å²) in [4.78, 5) is 29.0. The van der Waals surface area contributed by atoms with Crippen LogP contribution in [-0.4, -0.2) is 39.0 Å². The number of amides is 1. The number of carboxylic acids is 1. The molecule has 220 valence electrons. The van der Waals surface area contributed by atoms with Crippen LogP contribution in [0.2, 0.25) is 0 Å². The third kappa shape index (κ3) is 8.40. The molecule has 0 aliphatic carbocycles. The highest BCUT2D eigenvalue weighted by atomic mass is 32.2. The summed E-state index contributed by atoms with van der Waals surface area (Å²) in [6, 6.07) is 18.1. The number of carbonyl (C=O) groups excluding carboxylic acids is 1. The van der Waals surface area contributed by atoms with E-state index in [1.807, 2.05) is 24.3 Å². The average Bonchev–Trinajstić information content (AvgIpc) is 3.40. The molecule has 0 spiro atoms. The van der Waals surface area contributed by atoms with E-state index in [1.165, 1.54) is 29.6 Å². The Morgan fingerprint density at radius 1 is 1.05 bits per heavy atom. The lowest BCUT2D eigenvalue weighted by Gasteiger charge is -2.19. The Kier molecular flexibility index (Phi) is 9.64. The number of carbonyl (C=O) groups is 2. The minimum absolute atomic E-state index is 0.0540. The maximum atomic E-state index is 15.1. The number of benzene rings is 3. The van der Waals surface area contributed by atoms with Crippen LogP contribution in [0.4, 0.5) is 14.9 Å². The molecule has 0 radical (unpaired) electrons. The van der Waals surface area contributed by atoms with E-state index in [-0.39, 0.29) is 23.7 Å². The van der Waals surface area contributed by atoms with Crippen molar-refractivity contribution in [2.24, 2.45) is 0 Å². The highest BCUT2D eigenvalue weighted by molar-refractivity contribution is 7.97. The van der Waals surface area contributed by atoms with Gasteiger partial charge in [0.15, 0.2) is 0 Å². The van der Waals surface area contributed by atoms with E-state index in [1.54, 1.807) is 51.1 Å². The summed E-state index contributed by atoms with van der Waals surface area (Å²) in [5.74, 6) is -1.01. The highest BCUT2D eigenvalue weighted by Gasteiger charge is 2.21. The summed E-state index contributed by atoms with van der Waals surface area (Å²) in [6.45, 7) is 9.54. The smallest absolute Gasteiger partial charge is 0.412 e. The molecule has 9 nitrogen and oxygen atoms in total. The van der Waals surface area contributed by atoms with Crippen LogP contribution in [0.15, 0.2) is 76.1 Å². The molecule has 42 heavy (non-hydrogen) atoms. The summed E-state index contributed by atoms with van der Waals surface area (Å²) < 4.78 is 28.6. The molecule has 3 aromatic carbocycles. The normalized spacial score (nSPS) is 12.3. The van der Waals surface area contributed by atoms with Gasteiger partial charge in [-0.15, -0.1) is 0 Å². The summed E-state index contributed by atoms with van der Waals surface area (Å²) in [5.41, 5.74) is 2.30. The molecule has 4 aromatic rings. The summed E-state index contributed by atoms with van der Waals surface area (Å²) >= 11 is 1.22. The standard InChI is InChI=1S/C31H33FN4O5S/c1-18(2)20-9-13-23(14-10-20)42-36-26(29(37)38)17-19-6-15-24(25(32)16-19)27-34-28(41-35-27)21-7-11-22(12-8-21)33-30(39)40-31(3,4)5/h6-16,18,26,36H,17H2,1-5H3,(H,33,39)(H,37,38). The Hall–Kier alpha value is -4.22. The Labute approximate surface area is 248 Å². The minimum atomic E-state index is -1.04. The number of hydrogen-bond donors (Lipinski definition) is 3. The molecule has 3 N–H and O–H groups in total. The number of hydrogen-bond acceptors (Lipinski definition) is 8. The quantitative estimate of drug-likeness (QED) is 0.163. The zero-order chi connectivity index (χ0) is 30.4. The van der Waals surface area contributed by atoms with Gasteiger partial charge in [0.1, 0.15) is 17.5 Å². The van der Waals surface area contributed by atoms with Gasteiger partial charge in [0.05, 0.1) is 5.56 Å². The van der Waals surface area contributed by atoms with Crippen LogP contribution in [0.1, 0.15) is 51.7 Å². The molecule has 11 heteroatoms. The minimum Gasteiger partial charge on any atom is -0.480 e. The van der Waals surface area contributed by atoms with E-state index < -0.39 is 29.5 Å². The van der Waals surface area contributed by atoms with Gasteiger partial charge in [-0.1, -0.05) is 37.2 Å². The van der Waals surface area contributed by atoms with Gasteiger partial charge in [-0.3, -0.25) is 10.1 Å². The molecular formula is C31H33FN4O5S. The largest absolute Gasteiger partial charge is 0.480 e. The van der Waals surface area contributed by atoms with Crippen molar-refractivity contribution in [2.75, 3.05) is 5.32 Å². The van der Waals surface area contributed by atoms with Gasteiger partial charge in [-0.05, 0) is 105 Å². The first-order chi connectivity index (χ1) is 19.9. The molecule has 1 aromatic heterocycles. The van der Waals surface area contributed by atoms with Crippen molar-refractivity contribution in [1.82, 2.24) is 14.9 Å². The summed E-state index contributed by atoms with van der Waals surface area (Å²) in [5, 5.41) is 16.3. The van der Waals surface area contributed by atoms with E-state index in [0.29, 0.717) is 22.7 Å². The zero-order valence-corrected chi connectivity index (χ0v) is 24.8. The maximum absolute atomic E-state index is 15.1. The number of nitrogens with one attached hydrogen (secondary N) is 2. The molecule has 1 amide bonds. The highest BCUT2D eigenvalue weighted by Crippen LogP contribution is 2.27. The Morgan fingerprint density at radius 3 is 2.33 bits per heavy atom. The van der Waals surface area contributed by atoms with E-state index >= 15 is 4.39 Å². The third-order valence-corrected chi connectivity index (χ3v) is 6.99. The fourth-order valence-corrected chi connectivity index (χ4v) is 4.64. The van der Waals surface area contributed by atoms with Crippen LogP contribution in [0.3, 0.4) is 0 Å². The number of carboxylic acid groups (broad SMARTS) is 1. The molecule has 0 bridgehead atoms. The zero-order valence-electron chi connectivity index (χ0n) is 24.0. The Bertz CT molecular complexity index is 1530. The number of aromatic nitrogens is 2. The van der Waals surface area contributed by atoms with Crippen molar-refractivity contribution in [3.05, 3.63) is 83.7 Å². The van der Waals surface area contributed by atoms with Crippen LogP contribution < -0.4 is 10.0 Å². The van der Waals surface area contributed by atoms with Crippen LogP contribution in [-0.2, 0) is 16.0 Å². The third-order valence-electron chi connectivity index (χ3n) is 6.08. The molecule has 0 aliphatic heterocycles. The molecule has 0 fully saturated rings. The lowest BCUT2D eigenvalue weighted by atomic mass is 10.0. The first kappa shape index (κ1) is 30.7. The Balaban J connectivity index is 1.39. The Morgan fingerprint density at radius 2 is 1.74 bits per heavy atom. The SMILES string of the molecule is CC(C)c1ccc(SNC(Cc2ccc(-c3noc(-c4ccc(NC(=O)OC(C)(C)C)cc4)n3)c(F)c2)C(=O)O)cc1. The number of nitrogens with zero attached hydrogens (tertiary/aromatic N) is 2. The number of aliphatic carboxylic acids is 1. The summed E-state index contributed by atoms with van der Waals surface area (Å²) in [7, 11) is 0. The predicted octanol–water partition coefficient (Wildman–Crippen LogP) is 7.31. The maximum Gasteiger partial charge on any atom is 0.412 e. The van der Waals surface area contributed by atoms with Crippen LogP contribution in [0, 0.1) is 5.82 Å². The van der Waals surface area contributed by atoms with Crippen LogP contribution in [0.25, 0.3) is 22.8 Å². The molecule has 0 saturated heterocycles. The van der Waals surface area contributed by atoms with Crippen molar-refractivity contribution in [2.45, 2.75) is 63.5 Å². The lowest BCUT2D eigenvalue weighted by Crippen LogP contribution is -2.34. The van der Waals surface area contributed by atoms with Gasteiger partial charge in [-0.2, -0.15) is 4.98 Å². The molecular weight excluding hydrogens is 559 g/mol. The van der Waals surface area contributed by atoms with E-state index in [9.17, 15) is 14.7 Å². The molecule has 0 saturated carbocycles. The van der Waals surface area contributed by atoms with Gasteiger partial charge in [0.2, 0.25) is 5.82 Å². The lowest BCUT2D eigenvalue weighted by molar-refractivity contribution is -0.138. The first-order valence-electron chi connectivity index (χ1n) is 13.4. The number of anilines is 1. The van der Waals surface area contributed by atoms with Crippen molar-refractivity contribution in [3.8, 4) is 22.8 Å².